The van der Waals surface area contributed by atoms with Crippen LogP contribution in [0.15, 0.2) is 28.9 Å². The van der Waals surface area contributed by atoms with Crippen molar-refractivity contribution in [3.8, 4) is 5.75 Å². The van der Waals surface area contributed by atoms with Crippen molar-refractivity contribution < 1.29 is 9.52 Å². The van der Waals surface area contributed by atoms with Gasteiger partial charge < -0.3 is 14.8 Å². The molecule has 0 amide bonds. The van der Waals surface area contributed by atoms with E-state index in [0.717, 1.165) is 23.1 Å². The summed E-state index contributed by atoms with van der Waals surface area (Å²) in [6.45, 7) is 0.776. The minimum atomic E-state index is 0.234. The van der Waals surface area contributed by atoms with Crippen LogP contribution in [0.2, 0.25) is 0 Å². The van der Waals surface area contributed by atoms with Gasteiger partial charge in [0.2, 0.25) is 0 Å². The Balaban J connectivity index is 2.55. The lowest BCUT2D eigenvalue weighted by molar-refractivity contribution is 0.474. The average Bonchev–Trinajstić information content (AvgIpc) is 2.49. The molecule has 0 saturated carbocycles. The Bertz CT molecular complexity index is 420. The van der Waals surface area contributed by atoms with E-state index in [1.807, 2.05) is 13.1 Å². The summed E-state index contributed by atoms with van der Waals surface area (Å²) in [7, 11) is 1.89. The molecule has 0 aliphatic rings. The molecule has 0 radical (unpaired) electrons. The first-order chi connectivity index (χ1) is 6.31. The Kier molecular flexibility index (Phi) is 1.94. The van der Waals surface area contributed by atoms with Gasteiger partial charge in [-0.25, -0.2) is 0 Å². The number of hydrogen-bond acceptors (Lipinski definition) is 3. The molecule has 0 atom stereocenters. The molecule has 0 unspecified atom stereocenters. The Morgan fingerprint density at radius 2 is 2.31 bits per heavy atom. The highest BCUT2D eigenvalue weighted by molar-refractivity contribution is 5.82. The highest BCUT2D eigenvalue weighted by atomic mass is 16.3. The molecule has 13 heavy (non-hydrogen) atoms. The van der Waals surface area contributed by atoms with Gasteiger partial charge in [0.15, 0.2) is 0 Å². The predicted octanol–water partition coefficient (Wildman–Crippen LogP) is 1.86. The summed E-state index contributed by atoms with van der Waals surface area (Å²) >= 11 is 0. The third-order valence-electron chi connectivity index (χ3n) is 2.01. The number of nitrogens with one attached hydrogen (secondary N) is 1. The summed E-state index contributed by atoms with van der Waals surface area (Å²) < 4.78 is 5.28. The molecule has 1 aromatic heterocycles. The third kappa shape index (κ3) is 1.38. The minimum absolute atomic E-state index is 0.234. The Labute approximate surface area is 76.0 Å². The number of rotatable bonds is 2. The smallest absolute Gasteiger partial charge is 0.137 e. The van der Waals surface area contributed by atoms with Crippen LogP contribution in [0.25, 0.3) is 11.0 Å². The molecular weight excluding hydrogens is 166 g/mol. The van der Waals surface area contributed by atoms with Crippen LogP contribution in [0.3, 0.4) is 0 Å². The minimum Gasteiger partial charge on any atom is -0.508 e. The van der Waals surface area contributed by atoms with Gasteiger partial charge in [-0.15, -0.1) is 0 Å². The zero-order valence-corrected chi connectivity index (χ0v) is 7.37. The summed E-state index contributed by atoms with van der Waals surface area (Å²) in [5, 5.41) is 13.3. The fourth-order valence-corrected chi connectivity index (χ4v) is 1.40. The second kappa shape index (κ2) is 3.11. The molecule has 0 fully saturated rings. The fourth-order valence-electron chi connectivity index (χ4n) is 1.40. The lowest BCUT2D eigenvalue weighted by atomic mass is 10.2. The fraction of sp³-hybridized carbons (Fsp3) is 0.200. The van der Waals surface area contributed by atoms with Gasteiger partial charge in [-0.1, -0.05) is 0 Å². The van der Waals surface area contributed by atoms with Crippen molar-refractivity contribution in [2.75, 3.05) is 7.05 Å². The lowest BCUT2D eigenvalue weighted by Crippen LogP contribution is -2.03. The molecule has 0 bridgehead atoms. The number of benzene rings is 1. The summed E-state index contributed by atoms with van der Waals surface area (Å²) in [6.07, 6.45) is 1.71. The van der Waals surface area contributed by atoms with Crippen molar-refractivity contribution >= 4 is 11.0 Å². The number of phenols is 1. The van der Waals surface area contributed by atoms with Gasteiger partial charge in [-0.3, -0.25) is 0 Å². The summed E-state index contributed by atoms with van der Waals surface area (Å²) in [5.41, 5.74) is 1.84. The standard InChI is InChI=1S/C10H11NO2/c1-11-5-7-6-13-10-4-8(12)2-3-9(7)10/h2-4,6,11-12H,5H2,1H3. The zero-order chi connectivity index (χ0) is 9.26. The van der Waals surface area contributed by atoms with Gasteiger partial charge >= 0.3 is 0 Å². The molecule has 2 N–H and O–H groups in total. The quantitative estimate of drug-likeness (QED) is 0.735. The molecule has 0 spiro atoms. The SMILES string of the molecule is CNCc1coc2cc(O)ccc12. The predicted molar refractivity (Wildman–Crippen MR) is 50.6 cm³/mol. The van der Waals surface area contributed by atoms with Gasteiger partial charge in [0.05, 0.1) is 6.26 Å². The van der Waals surface area contributed by atoms with Crippen LogP contribution < -0.4 is 5.32 Å². The van der Waals surface area contributed by atoms with Crippen LogP contribution in [0, 0.1) is 0 Å². The van der Waals surface area contributed by atoms with Crippen LogP contribution >= 0.6 is 0 Å². The van der Waals surface area contributed by atoms with Crippen molar-refractivity contribution in [2.45, 2.75) is 6.54 Å². The van der Waals surface area contributed by atoms with Crippen molar-refractivity contribution in [3.63, 3.8) is 0 Å². The molecule has 2 rings (SSSR count). The number of phenolic OH excluding ortho intramolecular Hbond substituents is 1. The molecular formula is C10H11NO2. The van der Waals surface area contributed by atoms with Crippen LogP contribution in [0.1, 0.15) is 5.56 Å². The second-order valence-electron chi connectivity index (χ2n) is 2.97. The van der Waals surface area contributed by atoms with E-state index in [9.17, 15) is 5.11 Å². The van der Waals surface area contributed by atoms with Crippen LogP contribution in [0.5, 0.6) is 5.75 Å². The van der Waals surface area contributed by atoms with Crippen LogP contribution in [-0.2, 0) is 6.54 Å². The van der Waals surface area contributed by atoms with Crippen molar-refractivity contribution in [3.05, 3.63) is 30.0 Å². The normalized spacial score (nSPS) is 10.8. The van der Waals surface area contributed by atoms with Gasteiger partial charge in [0, 0.05) is 23.6 Å². The van der Waals surface area contributed by atoms with E-state index >= 15 is 0 Å². The van der Waals surface area contributed by atoms with E-state index in [4.69, 9.17) is 4.42 Å². The maximum atomic E-state index is 9.19. The zero-order valence-electron chi connectivity index (χ0n) is 7.37. The number of hydrogen-bond donors (Lipinski definition) is 2. The van der Waals surface area contributed by atoms with Crippen molar-refractivity contribution in [1.29, 1.82) is 0 Å². The van der Waals surface area contributed by atoms with Crippen molar-refractivity contribution in [2.24, 2.45) is 0 Å². The molecule has 3 nitrogen and oxygen atoms in total. The molecule has 0 aliphatic heterocycles. The molecule has 1 aromatic carbocycles. The highest BCUT2D eigenvalue weighted by Crippen LogP contribution is 2.24. The van der Waals surface area contributed by atoms with Crippen LogP contribution in [0.4, 0.5) is 0 Å². The molecule has 0 saturated heterocycles. The van der Waals surface area contributed by atoms with Gasteiger partial charge in [-0.2, -0.15) is 0 Å². The van der Waals surface area contributed by atoms with Crippen molar-refractivity contribution in [1.82, 2.24) is 5.32 Å². The number of furan rings is 1. The first-order valence-electron chi connectivity index (χ1n) is 4.15. The molecule has 0 aliphatic carbocycles. The first-order valence-corrected chi connectivity index (χ1v) is 4.15. The lowest BCUT2D eigenvalue weighted by Gasteiger charge is -1.95. The van der Waals surface area contributed by atoms with Gasteiger partial charge in [-0.05, 0) is 19.2 Å². The topological polar surface area (TPSA) is 45.4 Å². The number of aromatic hydroxyl groups is 1. The molecule has 3 heteroatoms. The maximum Gasteiger partial charge on any atom is 0.137 e. The van der Waals surface area contributed by atoms with E-state index in [0.29, 0.717) is 0 Å². The van der Waals surface area contributed by atoms with E-state index in [1.54, 1.807) is 18.4 Å². The molecule has 1 heterocycles. The molecule has 68 valence electrons. The first kappa shape index (κ1) is 8.13. The average molecular weight is 177 g/mol. The Hall–Kier alpha value is -1.48. The summed E-state index contributed by atoms with van der Waals surface area (Å²) in [5.74, 6) is 0.234. The number of fused-ring (bicyclic) bond motifs is 1. The Morgan fingerprint density at radius 1 is 1.46 bits per heavy atom. The van der Waals surface area contributed by atoms with E-state index in [-0.39, 0.29) is 5.75 Å². The van der Waals surface area contributed by atoms with E-state index in [1.165, 1.54) is 0 Å². The Morgan fingerprint density at radius 3 is 3.08 bits per heavy atom. The second-order valence-corrected chi connectivity index (χ2v) is 2.97. The maximum absolute atomic E-state index is 9.19. The van der Waals surface area contributed by atoms with E-state index < -0.39 is 0 Å². The largest absolute Gasteiger partial charge is 0.508 e. The molecule has 2 aromatic rings. The van der Waals surface area contributed by atoms with Crippen LogP contribution in [-0.4, -0.2) is 12.2 Å². The summed E-state index contributed by atoms with van der Waals surface area (Å²) in [4.78, 5) is 0. The third-order valence-corrected chi connectivity index (χ3v) is 2.01. The summed E-state index contributed by atoms with van der Waals surface area (Å²) in [6, 6.07) is 5.15. The highest BCUT2D eigenvalue weighted by Gasteiger charge is 2.04. The monoisotopic (exact) mass is 177 g/mol. The van der Waals surface area contributed by atoms with Gasteiger partial charge in [0.1, 0.15) is 11.3 Å². The van der Waals surface area contributed by atoms with Gasteiger partial charge in [0.25, 0.3) is 0 Å². The van der Waals surface area contributed by atoms with E-state index in [2.05, 4.69) is 5.32 Å².